The summed E-state index contributed by atoms with van der Waals surface area (Å²) in [4.78, 5) is 15.6. The lowest BCUT2D eigenvalue weighted by Crippen LogP contribution is -2.51. The summed E-state index contributed by atoms with van der Waals surface area (Å²) >= 11 is 0. The maximum absolute atomic E-state index is 11.8. The lowest BCUT2D eigenvalue weighted by Gasteiger charge is -2.19. The summed E-state index contributed by atoms with van der Waals surface area (Å²) in [6.45, 7) is 4.79. The van der Waals surface area contributed by atoms with Crippen molar-refractivity contribution in [2.24, 2.45) is 0 Å². The molecular formula is C9H16N2O2+. The van der Waals surface area contributed by atoms with Crippen molar-refractivity contribution in [3.63, 3.8) is 0 Å². The zero-order valence-corrected chi connectivity index (χ0v) is 7.87. The van der Waals surface area contributed by atoms with E-state index in [4.69, 9.17) is 4.74 Å². The van der Waals surface area contributed by atoms with Gasteiger partial charge in [0.2, 0.25) is 0 Å². The number of amides is 2. The van der Waals surface area contributed by atoms with Crippen LogP contribution < -0.4 is 4.90 Å². The van der Waals surface area contributed by atoms with Crippen molar-refractivity contribution >= 4 is 6.03 Å². The molecule has 0 aromatic carbocycles. The first-order valence-corrected chi connectivity index (χ1v) is 4.99. The Morgan fingerprint density at radius 3 is 2.38 bits per heavy atom. The first-order chi connectivity index (χ1) is 6.38. The predicted octanol–water partition coefficient (Wildman–Crippen LogP) is 0.373. The standard InChI is InChI=1S/C9H16N2O2/c12-9(10-3-1-2-4-10)11-5-7-13-8-6-11/h1-8H2/q+1. The molecule has 2 amide bonds. The van der Waals surface area contributed by atoms with Crippen molar-refractivity contribution < 1.29 is 9.53 Å². The van der Waals surface area contributed by atoms with Crippen LogP contribution >= 0.6 is 0 Å². The molecule has 4 heteroatoms. The van der Waals surface area contributed by atoms with E-state index < -0.39 is 0 Å². The molecule has 2 heterocycles. The number of rotatable bonds is 0. The van der Waals surface area contributed by atoms with Gasteiger partial charge in [0.1, 0.15) is 13.2 Å². The van der Waals surface area contributed by atoms with Gasteiger partial charge >= 0.3 is 6.03 Å². The van der Waals surface area contributed by atoms with Gasteiger partial charge in [0.25, 0.3) is 0 Å². The summed E-state index contributed by atoms with van der Waals surface area (Å²) < 4.78 is 5.20. The Morgan fingerprint density at radius 1 is 1.15 bits per heavy atom. The van der Waals surface area contributed by atoms with Crippen LogP contribution in [0.3, 0.4) is 0 Å². The largest absolute Gasteiger partial charge is 0.467 e. The second kappa shape index (κ2) is 4.07. The van der Waals surface area contributed by atoms with Crippen molar-refractivity contribution in [2.45, 2.75) is 12.8 Å². The molecule has 1 radical (unpaired) electrons. The van der Waals surface area contributed by atoms with Crippen molar-refractivity contribution in [1.29, 1.82) is 0 Å². The molecule has 0 aromatic rings. The van der Waals surface area contributed by atoms with E-state index in [0.717, 1.165) is 39.0 Å². The molecule has 4 nitrogen and oxygen atoms in total. The van der Waals surface area contributed by atoms with E-state index >= 15 is 0 Å². The first-order valence-electron chi connectivity index (χ1n) is 4.99. The summed E-state index contributed by atoms with van der Waals surface area (Å²) in [7, 11) is 0. The fourth-order valence-corrected chi connectivity index (χ4v) is 1.86. The minimum atomic E-state index is 0.209. The van der Waals surface area contributed by atoms with E-state index in [9.17, 15) is 4.79 Å². The molecule has 2 aliphatic heterocycles. The average molecular weight is 184 g/mol. The Hall–Kier alpha value is -0.610. The zero-order valence-electron chi connectivity index (χ0n) is 7.87. The maximum atomic E-state index is 11.8. The normalized spacial score (nSPS) is 25.1. The predicted molar refractivity (Wildman–Crippen MR) is 48.9 cm³/mol. The summed E-state index contributed by atoms with van der Waals surface area (Å²) in [5.41, 5.74) is 0. The fourth-order valence-electron chi connectivity index (χ4n) is 1.86. The van der Waals surface area contributed by atoms with Crippen LogP contribution in [0.1, 0.15) is 12.8 Å². The molecule has 2 saturated heterocycles. The molecule has 0 atom stereocenters. The maximum Gasteiger partial charge on any atom is 0.467 e. The van der Waals surface area contributed by atoms with E-state index in [1.54, 1.807) is 0 Å². The van der Waals surface area contributed by atoms with Crippen LogP contribution in [-0.4, -0.2) is 50.3 Å². The third-order valence-electron chi connectivity index (χ3n) is 2.66. The van der Waals surface area contributed by atoms with Gasteiger partial charge in [0.15, 0.2) is 13.1 Å². The first kappa shape index (κ1) is 8.97. The molecule has 0 aliphatic carbocycles. The summed E-state index contributed by atoms with van der Waals surface area (Å²) in [5.74, 6) is 0. The lowest BCUT2D eigenvalue weighted by atomic mass is 10.4. The highest BCUT2D eigenvalue weighted by Gasteiger charge is 2.34. The molecule has 0 unspecified atom stereocenters. The minimum absolute atomic E-state index is 0.209. The van der Waals surface area contributed by atoms with Crippen LogP contribution in [0, 0.1) is 0 Å². The summed E-state index contributed by atoms with van der Waals surface area (Å²) in [6.07, 6.45) is 2.33. The third-order valence-corrected chi connectivity index (χ3v) is 2.66. The molecule has 2 fully saturated rings. The van der Waals surface area contributed by atoms with Gasteiger partial charge in [0, 0.05) is 13.1 Å². The molecule has 0 aromatic heterocycles. The number of hydrogen-bond donors (Lipinski definition) is 0. The monoisotopic (exact) mass is 184 g/mol. The van der Waals surface area contributed by atoms with Gasteiger partial charge in [-0.1, -0.05) is 4.90 Å². The van der Waals surface area contributed by atoms with E-state index in [-0.39, 0.29) is 6.03 Å². The van der Waals surface area contributed by atoms with Gasteiger partial charge in [-0.15, -0.1) is 0 Å². The number of nitrogens with zero attached hydrogens (tertiary/aromatic N) is 2. The van der Waals surface area contributed by atoms with E-state index in [0.29, 0.717) is 13.2 Å². The zero-order chi connectivity index (χ0) is 9.10. The van der Waals surface area contributed by atoms with E-state index in [1.807, 2.05) is 9.80 Å². The Bertz CT molecular complexity index is 184. The Balaban J connectivity index is 1.87. The quantitative estimate of drug-likeness (QED) is 0.510. The average Bonchev–Trinajstić information content (AvgIpc) is 2.71. The van der Waals surface area contributed by atoms with Gasteiger partial charge < -0.3 is 4.74 Å². The number of hydrogen-bond acceptors (Lipinski definition) is 2. The highest BCUT2D eigenvalue weighted by atomic mass is 16.5. The molecule has 2 rings (SSSR count). The van der Waals surface area contributed by atoms with Crippen molar-refractivity contribution in [3.05, 3.63) is 0 Å². The van der Waals surface area contributed by atoms with Crippen molar-refractivity contribution in [2.75, 3.05) is 39.4 Å². The third kappa shape index (κ3) is 2.00. The molecule has 0 bridgehead atoms. The van der Waals surface area contributed by atoms with Gasteiger partial charge in [-0.2, -0.15) is 0 Å². The van der Waals surface area contributed by atoms with Gasteiger partial charge in [0.05, 0.1) is 0 Å². The summed E-state index contributed by atoms with van der Waals surface area (Å²) in [5, 5.41) is 0. The number of urea groups is 1. The molecule has 2 aliphatic rings. The number of morpholine rings is 1. The summed E-state index contributed by atoms with van der Waals surface area (Å²) in [6, 6.07) is 0.209. The second-order valence-electron chi connectivity index (χ2n) is 3.58. The topological polar surface area (TPSA) is 35.4 Å². The van der Waals surface area contributed by atoms with Crippen LogP contribution in [0.25, 0.3) is 0 Å². The highest BCUT2D eigenvalue weighted by Crippen LogP contribution is 2.10. The van der Waals surface area contributed by atoms with Crippen LogP contribution in [0.5, 0.6) is 0 Å². The van der Waals surface area contributed by atoms with Crippen LogP contribution in [0.4, 0.5) is 4.79 Å². The van der Waals surface area contributed by atoms with Crippen LogP contribution in [-0.2, 0) is 4.74 Å². The number of likely N-dealkylation sites (tertiary alicyclic amines) is 1. The molecule has 0 saturated carbocycles. The molecule has 13 heavy (non-hydrogen) atoms. The smallest absolute Gasteiger partial charge is 0.369 e. The number of carbonyl (C=O) groups is 1. The Kier molecular flexibility index (Phi) is 2.80. The number of ether oxygens (including phenoxy) is 1. The highest BCUT2D eigenvalue weighted by molar-refractivity contribution is 5.77. The Morgan fingerprint density at radius 2 is 1.77 bits per heavy atom. The SMILES string of the molecule is O=C(N1CCCC1)[N+]1CCOCC1. The van der Waals surface area contributed by atoms with Gasteiger partial charge in [-0.05, 0) is 12.8 Å². The molecular weight excluding hydrogens is 168 g/mol. The molecule has 0 spiro atoms. The van der Waals surface area contributed by atoms with Gasteiger partial charge in [-0.25, -0.2) is 4.79 Å². The lowest BCUT2D eigenvalue weighted by molar-refractivity contribution is 0.0766. The second-order valence-corrected chi connectivity index (χ2v) is 3.58. The minimum Gasteiger partial charge on any atom is -0.369 e. The van der Waals surface area contributed by atoms with E-state index in [2.05, 4.69) is 0 Å². The van der Waals surface area contributed by atoms with Gasteiger partial charge in [-0.3, -0.25) is 4.90 Å². The van der Waals surface area contributed by atoms with Crippen molar-refractivity contribution in [1.82, 2.24) is 9.80 Å². The molecule has 0 N–H and O–H groups in total. The van der Waals surface area contributed by atoms with E-state index in [1.165, 1.54) is 0 Å². The Labute approximate surface area is 78.4 Å². The molecule has 73 valence electrons. The van der Waals surface area contributed by atoms with Crippen LogP contribution in [0.15, 0.2) is 0 Å². The number of carbonyl (C=O) groups excluding carboxylic acids is 1. The van der Waals surface area contributed by atoms with Crippen molar-refractivity contribution in [3.8, 4) is 0 Å². The van der Waals surface area contributed by atoms with Crippen LogP contribution in [0.2, 0.25) is 0 Å². The fraction of sp³-hybridized carbons (Fsp3) is 0.889.